The van der Waals surface area contributed by atoms with Gasteiger partial charge in [-0.1, -0.05) is 24.8 Å². The molecule has 12 heteroatoms. The Morgan fingerprint density at radius 2 is 1.88 bits per heavy atom. The van der Waals surface area contributed by atoms with Gasteiger partial charge in [-0.25, -0.2) is 14.4 Å². The normalized spacial score (nSPS) is 16.5. The molecule has 4 rings (SSSR count). The Kier molecular flexibility index (Phi) is 10.4. The fraction of sp³-hybridized carbons (Fsp3) is 0.467. The predicted molar refractivity (Wildman–Crippen MR) is 166 cm³/mol. The SMILES string of the molecule is C=C/N=C(/N1CCC(C(=O)N2CCCC2)CC1)N(C)N/C(CC)=C(\NC)N(C)c1nc(-c2ccc(F)cc2)c(C#N)s1. The number of likely N-dealkylation sites (tertiary alicyclic amines) is 2. The number of guanidine groups is 1. The summed E-state index contributed by atoms with van der Waals surface area (Å²) in [5, 5.41) is 15.5. The maximum Gasteiger partial charge on any atom is 0.225 e. The second-order valence-corrected chi connectivity index (χ2v) is 11.3. The highest BCUT2D eigenvalue weighted by atomic mass is 32.1. The molecule has 224 valence electrons. The Bertz CT molecular complexity index is 1350. The lowest BCUT2D eigenvalue weighted by Gasteiger charge is -2.38. The fourth-order valence-corrected chi connectivity index (χ4v) is 6.34. The first-order chi connectivity index (χ1) is 20.3. The van der Waals surface area contributed by atoms with Crippen LogP contribution in [0.4, 0.5) is 9.52 Å². The largest absolute Gasteiger partial charge is 0.373 e. The van der Waals surface area contributed by atoms with Crippen molar-refractivity contribution in [1.29, 1.82) is 5.26 Å². The number of carbonyl (C=O) groups is 1. The second-order valence-electron chi connectivity index (χ2n) is 10.4. The lowest BCUT2D eigenvalue weighted by molar-refractivity contribution is -0.135. The predicted octanol–water partition coefficient (Wildman–Crippen LogP) is 4.33. The molecular formula is C30H40FN9OS. The van der Waals surface area contributed by atoms with Gasteiger partial charge in [0.1, 0.15) is 28.3 Å². The highest BCUT2D eigenvalue weighted by Crippen LogP contribution is 2.33. The molecule has 1 aromatic carbocycles. The third-order valence-electron chi connectivity index (χ3n) is 7.69. The molecule has 0 aliphatic carbocycles. The van der Waals surface area contributed by atoms with E-state index in [1.54, 1.807) is 12.1 Å². The average molecular weight is 594 g/mol. The number of allylic oxidation sites excluding steroid dienone is 1. The number of benzene rings is 1. The molecule has 1 aromatic heterocycles. The summed E-state index contributed by atoms with van der Waals surface area (Å²) < 4.78 is 13.5. The zero-order chi connectivity index (χ0) is 30.2. The molecule has 2 fully saturated rings. The highest BCUT2D eigenvalue weighted by molar-refractivity contribution is 7.16. The summed E-state index contributed by atoms with van der Waals surface area (Å²) in [4.78, 5) is 28.8. The van der Waals surface area contributed by atoms with Gasteiger partial charge in [-0.2, -0.15) is 5.26 Å². The van der Waals surface area contributed by atoms with E-state index in [2.05, 4.69) is 33.3 Å². The van der Waals surface area contributed by atoms with Gasteiger partial charge in [-0.3, -0.25) is 15.2 Å². The van der Waals surface area contributed by atoms with Crippen LogP contribution in [0.3, 0.4) is 0 Å². The van der Waals surface area contributed by atoms with Crippen LogP contribution in [0.5, 0.6) is 0 Å². The van der Waals surface area contributed by atoms with Gasteiger partial charge in [0.15, 0.2) is 5.13 Å². The molecule has 0 radical (unpaired) electrons. The van der Waals surface area contributed by atoms with E-state index in [1.807, 2.05) is 42.9 Å². The zero-order valence-electron chi connectivity index (χ0n) is 24.9. The van der Waals surface area contributed by atoms with E-state index >= 15 is 0 Å². The van der Waals surface area contributed by atoms with Gasteiger partial charge in [0, 0.05) is 65.0 Å². The van der Waals surface area contributed by atoms with Gasteiger partial charge in [0.05, 0.1) is 5.70 Å². The number of hydrogen-bond acceptors (Lipinski definition) is 8. The van der Waals surface area contributed by atoms with Crippen LogP contribution in [0, 0.1) is 23.1 Å². The maximum absolute atomic E-state index is 13.5. The molecule has 0 spiro atoms. The molecule has 42 heavy (non-hydrogen) atoms. The van der Waals surface area contributed by atoms with Gasteiger partial charge in [-0.05, 0) is 56.4 Å². The van der Waals surface area contributed by atoms with E-state index in [9.17, 15) is 14.4 Å². The van der Waals surface area contributed by atoms with Crippen molar-refractivity contribution < 1.29 is 9.18 Å². The number of aliphatic imine (C=N–C) groups is 1. The van der Waals surface area contributed by atoms with Crippen LogP contribution in [0.2, 0.25) is 0 Å². The van der Waals surface area contributed by atoms with Crippen molar-refractivity contribution in [3.63, 3.8) is 0 Å². The fourth-order valence-electron chi connectivity index (χ4n) is 5.48. The van der Waals surface area contributed by atoms with Crippen LogP contribution in [-0.2, 0) is 4.79 Å². The van der Waals surface area contributed by atoms with Crippen LogP contribution in [0.25, 0.3) is 11.3 Å². The molecule has 2 saturated heterocycles. The Morgan fingerprint density at radius 3 is 2.45 bits per heavy atom. The van der Waals surface area contributed by atoms with Crippen molar-refractivity contribution >= 4 is 28.3 Å². The number of anilines is 1. The molecule has 0 saturated carbocycles. The number of amides is 1. The van der Waals surface area contributed by atoms with E-state index < -0.39 is 0 Å². The molecule has 1 amide bonds. The monoisotopic (exact) mass is 593 g/mol. The molecule has 2 aliphatic rings. The Labute approximate surface area is 251 Å². The number of carbonyl (C=O) groups excluding carboxylic acids is 1. The summed E-state index contributed by atoms with van der Waals surface area (Å²) >= 11 is 1.27. The topological polar surface area (TPSA) is 103 Å². The molecule has 2 aromatic rings. The van der Waals surface area contributed by atoms with Gasteiger partial charge in [0.25, 0.3) is 0 Å². The lowest BCUT2D eigenvalue weighted by Crippen LogP contribution is -2.52. The molecule has 0 atom stereocenters. The summed E-state index contributed by atoms with van der Waals surface area (Å²) in [6.45, 7) is 9.10. The van der Waals surface area contributed by atoms with Crippen molar-refractivity contribution in [3.8, 4) is 17.3 Å². The second kappa shape index (κ2) is 14.2. The molecular weight excluding hydrogens is 553 g/mol. The number of hydrazine groups is 1. The van der Waals surface area contributed by atoms with Crippen molar-refractivity contribution in [2.45, 2.75) is 39.0 Å². The molecule has 3 heterocycles. The van der Waals surface area contributed by atoms with Gasteiger partial charge in [-0.15, -0.1) is 0 Å². The van der Waals surface area contributed by atoms with Gasteiger partial charge in [0.2, 0.25) is 11.9 Å². The van der Waals surface area contributed by atoms with Crippen molar-refractivity contribution in [2.75, 3.05) is 52.2 Å². The number of nitrogens with zero attached hydrogens (tertiary/aromatic N) is 7. The quantitative estimate of drug-likeness (QED) is 0.252. The first-order valence-electron chi connectivity index (χ1n) is 14.4. The number of piperidine rings is 1. The van der Waals surface area contributed by atoms with Crippen LogP contribution < -0.4 is 15.6 Å². The van der Waals surface area contributed by atoms with Crippen molar-refractivity contribution in [1.82, 2.24) is 30.5 Å². The molecule has 2 N–H and O–H groups in total. The lowest BCUT2D eigenvalue weighted by atomic mass is 9.95. The minimum Gasteiger partial charge on any atom is -0.373 e. The van der Waals surface area contributed by atoms with E-state index in [1.165, 1.54) is 29.7 Å². The van der Waals surface area contributed by atoms with Crippen LogP contribution in [0.1, 0.15) is 43.9 Å². The number of hydrogen-bond donors (Lipinski definition) is 2. The zero-order valence-corrected chi connectivity index (χ0v) is 25.7. The van der Waals surface area contributed by atoms with Crippen molar-refractivity contribution in [3.05, 3.63) is 59.3 Å². The number of thiazole rings is 1. The summed E-state index contributed by atoms with van der Waals surface area (Å²) in [7, 11) is 5.64. The summed E-state index contributed by atoms with van der Waals surface area (Å²) in [6, 6.07) is 8.21. The van der Waals surface area contributed by atoms with Crippen LogP contribution in [0.15, 0.2) is 53.6 Å². The summed E-state index contributed by atoms with van der Waals surface area (Å²) in [6.07, 6.45) is 5.99. The maximum atomic E-state index is 13.5. The third kappa shape index (κ3) is 6.85. The summed E-state index contributed by atoms with van der Waals surface area (Å²) in [5.74, 6) is 1.52. The van der Waals surface area contributed by atoms with E-state index in [0.717, 1.165) is 69.3 Å². The Hall–Kier alpha value is -4.11. The number of nitriles is 1. The smallest absolute Gasteiger partial charge is 0.225 e. The third-order valence-corrected chi connectivity index (χ3v) is 8.72. The van der Waals surface area contributed by atoms with Crippen LogP contribution >= 0.6 is 11.3 Å². The van der Waals surface area contributed by atoms with Crippen molar-refractivity contribution in [2.24, 2.45) is 10.9 Å². The average Bonchev–Trinajstić information content (AvgIpc) is 3.70. The van der Waals surface area contributed by atoms with E-state index in [4.69, 9.17) is 4.98 Å². The first-order valence-corrected chi connectivity index (χ1v) is 15.2. The molecule has 2 aliphatic heterocycles. The number of halogens is 1. The van der Waals surface area contributed by atoms with Gasteiger partial charge < -0.3 is 20.0 Å². The number of nitrogens with one attached hydrogen (secondary N) is 2. The van der Waals surface area contributed by atoms with Gasteiger partial charge >= 0.3 is 0 Å². The first kappa shape index (κ1) is 30.8. The van der Waals surface area contributed by atoms with E-state index in [-0.39, 0.29) is 11.7 Å². The molecule has 0 unspecified atom stereocenters. The number of rotatable bonds is 9. The Morgan fingerprint density at radius 1 is 1.21 bits per heavy atom. The molecule has 10 nitrogen and oxygen atoms in total. The molecule has 0 bridgehead atoms. The summed E-state index contributed by atoms with van der Waals surface area (Å²) in [5.41, 5.74) is 5.58. The van der Waals surface area contributed by atoms with E-state index in [0.29, 0.717) is 33.6 Å². The minimum atomic E-state index is -0.340. The van der Waals surface area contributed by atoms with Crippen LogP contribution in [-0.4, -0.2) is 79.0 Å². The Balaban J connectivity index is 1.50. The standard InChI is InChI=1S/C30H40FN9OS/c1-6-24(27(33-3)37(4)30-35-26(25(20-32)42-30)21-10-12-23(31)13-11-21)36-38(5)29(34-7-2)40-18-14-22(15-19-40)28(41)39-16-8-9-17-39/h7,10-13,22,33,36H,2,6,8-9,14-19H2,1,3-5H3/b27-24+,34-29+. The minimum absolute atomic E-state index is 0.0645. The highest BCUT2D eigenvalue weighted by Gasteiger charge is 2.31. The number of aromatic nitrogens is 1.